The summed E-state index contributed by atoms with van der Waals surface area (Å²) in [6, 6.07) is 13.7. The third-order valence-electron chi connectivity index (χ3n) is 6.18. The van der Waals surface area contributed by atoms with E-state index in [-0.39, 0.29) is 23.5 Å². The Kier molecular flexibility index (Phi) is 6.72. The van der Waals surface area contributed by atoms with Crippen molar-refractivity contribution in [2.45, 2.75) is 64.6 Å². The number of rotatable bonds is 7. The van der Waals surface area contributed by atoms with Gasteiger partial charge in [0.15, 0.2) is 0 Å². The van der Waals surface area contributed by atoms with Crippen LogP contribution in [-0.2, 0) is 9.59 Å². The topological polar surface area (TPSA) is 76.1 Å². The van der Waals surface area contributed by atoms with E-state index in [2.05, 4.69) is 0 Å². The van der Waals surface area contributed by atoms with E-state index in [1.165, 1.54) is 0 Å². The summed E-state index contributed by atoms with van der Waals surface area (Å²) >= 11 is 0. The Morgan fingerprint density at radius 1 is 1.06 bits per heavy atom. The number of ketones is 1. The number of Topliss-reactive ketones (excluding diaryl/α,β-unsaturated/α-hetero) is 1. The molecule has 0 bridgehead atoms. The Labute approximate surface area is 194 Å². The van der Waals surface area contributed by atoms with Gasteiger partial charge in [-0.2, -0.15) is 0 Å². The number of likely N-dealkylation sites (tertiary alicyclic amines) is 1. The Bertz CT molecular complexity index is 1050. The van der Waals surface area contributed by atoms with E-state index in [0.717, 1.165) is 31.2 Å². The molecule has 1 atom stereocenters. The first-order chi connectivity index (χ1) is 15.9. The van der Waals surface area contributed by atoms with Gasteiger partial charge >= 0.3 is 0 Å². The third-order valence-corrected chi connectivity index (χ3v) is 6.18. The molecule has 1 saturated heterocycles. The molecular weight excluding hydrogens is 418 g/mol. The summed E-state index contributed by atoms with van der Waals surface area (Å²) in [5, 5.41) is 11.2. The zero-order valence-corrected chi connectivity index (χ0v) is 19.4. The molecule has 1 heterocycles. The molecule has 1 amide bonds. The van der Waals surface area contributed by atoms with Crippen molar-refractivity contribution in [3.63, 3.8) is 0 Å². The van der Waals surface area contributed by atoms with Crippen LogP contribution in [-0.4, -0.2) is 40.4 Å². The van der Waals surface area contributed by atoms with Gasteiger partial charge < -0.3 is 19.5 Å². The van der Waals surface area contributed by atoms with Gasteiger partial charge in [0.05, 0.1) is 24.3 Å². The van der Waals surface area contributed by atoms with Crippen molar-refractivity contribution < 1.29 is 24.2 Å². The van der Waals surface area contributed by atoms with Crippen molar-refractivity contribution in [1.29, 1.82) is 0 Å². The minimum atomic E-state index is -0.657. The van der Waals surface area contributed by atoms with Crippen LogP contribution in [0.2, 0.25) is 0 Å². The van der Waals surface area contributed by atoms with Crippen LogP contribution in [0.1, 0.15) is 63.6 Å². The van der Waals surface area contributed by atoms with Gasteiger partial charge in [-0.3, -0.25) is 9.59 Å². The molecule has 6 heteroatoms. The van der Waals surface area contributed by atoms with Gasteiger partial charge in [-0.1, -0.05) is 25.0 Å². The van der Waals surface area contributed by atoms with Crippen molar-refractivity contribution in [2.75, 3.05) is 6.61 Å². The first-order valence-corrected chi connectivity index (χ1v) is 11.7. The van der Waals surface area contributed by atoms with Gasteiger partial charge in [-0.15, -0.1) is 0 Å². The molecule has 1 aliphatic heterocycles. The molecule has 0 radical (unpaired) electrons. The molecule has 33 heavy (non-hydrogen) atoms. The van der Waals surface area contributed by atoms with Crippen LogP contribution in [0.25, 0.3) is 5.76 Å². The highest BCUT2D eigenvalue weighted by Gasteiger charge is 2.49. The maximum absolute atomic E-state index is 13.2. The highest BCUT2D eigenvalue weighted by Crippen LogP contribution is 2.44. The number of hydrogen-bond donors (Lipinski definition) is 1. The zero-order chi connectivity index (χ0) is 23.5. The van der Waals surface area contributed by atoms with Crippen LogP contribution in [0.3, 0.4) is 0 Å². The van der Waals surface area contributed by atoms with Crippen LogP contribution >= 0.6 is 0 Å². The molecule has 2 fully saturated rings. The average Bonchev–Trinajstić information content (AvgIpc) is 3.41. The van der Waals surface area contributed by atoms with Gasteiger partial charge in [0.1, 0.15) is 17.3 Å². The second kappa shape index (κ2) is 9.69. The van der Waals surface area contributed by atoms with Crippen molar-refractivity contribution >= 4 is 17.4 Å². The van der Waals surface area contributed by atoms with Crippen LogP contribution in [0.15, 0.2) is 54.1 Å². The number of benzene rings is 2. The van der Waals surface area contributed by atoms with Crippen molar-refractivity contribution in [3.05, 3.63) is 65.2 Å². The van der Waals surface area contributed by atoms with E-state index in [0.29, 0.717) is 23.7 Å². The molecule has 2 aromatic rings. The molecule has 0 aromatic heterocycles. The summed E-state index contributed by atoms with van der Waals surface area (Å²) in [5.74, 6) is -0.0174. The van der Waals surface area contributed by atoms with Gasteiger partial charge in [-0.05, 0) is 75.6 Å². The van der Waals surface area contributed by atoms with Gasteiger partial charge in [-0.25, -0.2) is 0 Å². The van der Waals surface area contributed by atoms with E-state index >= 15 is 0 Å². The molecule has 1 unspecified atom stereocenters. The monoisotopic (exact) mass is 449 g/mol. The summed E-state index contributed by atoms with van der Waals surface area (Å²) in [5.41, 5.74) is 1.35. The number of ether oxygens (including phenoxy) is 2. The number of carbonyl (C=O) groups is 2. The number of aliphatic hydroxyl groups is 1. The number of carbonyl (C=O) groups excluding carboxylic acids is 2. The van der Waals surface area contributed by atoms with Gasteiger partial charge in [0.2, 0.25) is 0 Å². The number of aliphatic hydroxyl groups excluding tert-OH is 1. The van der Waals surface area contributed by atoms with Crippen molar-refractivity contribution in [3.8, 4) is 11.5 Å². The van der Waals surface area contributed by atoms with Crippen LogP contribution < -0.4 is 9.47 Å². The second-order valence-corrected chi connectivity index (χ2v) is 8.84. The van der Waals surface area contributed by atoms with Crippen LogP contribution in [0, 0.1) is 0 Å². The fourth-order valence-electron chi connectivity index (χ4n) is 4.80. The van der Waals surface area contributed by atoms with E-state index in [1.807, 2.05) is 45.0 Å². The zero-order valence-electron chi connectivity index (χ0n) is 19.4. The van der Waals surface area contributed by atoms with Crippen LogP contribution in [0.5, 0.6) is 11.5 Å². The Morgan fingerprint density at radius 2 is 1.76 bits per heavy atom. The highest BCUT2D eigenvalue weighted by atomic mass is 16.5. The number of amides is 1. The second-order valence-electron chi connectivity index (χ2n) is 8.84. The Hall–Kier alpha value is -3.28. The summed E-state index contributed by atoms with van der Waals surface area (Å²) in [6.07, 6.45) is 3.75. The molecule has 174 valence electrons. The quantitative estimate of drug-likeness (QED) is 0.356. The largest absolute Gasteiger partial charge is 0.507 e. The lowest BCUT2D eigenvalue weighted by molar-refractivity contribution is -0.141. The van der Waals surface area contributed by atoms with Crippen LogP contribution in [0.4, 0.5) is 0 Å². The Balaban J connectivity index is 1.82. The SMILES string of the molecule is CCOc1ccc(/C(O)=C2/C(=O)C(=O)N(C3CCCC3)C2c2cccc(OC(C)C)c2)cc1. The van der Waals surface area contributed by atoms with Crippen molar-refractivity contribution in [2.24, 2.45) is 0 Å². The lowest BCUT2D eigenvalue weighted by Crippen LogP contribution is -2.37. The first-order valence-electron chi connectivity index (χ1n) is 11.7. The molecule has 2 aromatic carbocycles. The molecule has 6 nitrogen and oxygen atoms in total. The molecule has 1 saturated carbocycles. The fraction of sp³-hybridized carbons (Fsp3) is 0.407. The standard InChI is InChI=1S/C27H31NO5/c1-4-32-21-14-12-18(13-15-21)25(29)23-24(19-8-7-11-22(16-19)33-17(2)3)28(27(31)26(23)30)20-9-5-6-10-20/h7-8,11-17,20,24,29H,4-6,9-10H2,1-3H3/b25-23-. The molecular formula is C27H31NO5. The third kappa shape index (κ3) is 4.61. The number of hydrogen-bond acceptors (Lipinski definition) is 5. The van der Waals surface area contributed by atoms with E-state index in [1.54, 1.807) is 29.2 Å². The minimum absolute atomic E-state index is 0.00898. The molecule has 4 rings (SSSR count). The summed E-state index contributed by atoms with van der Waals surface area (Å²) in [6.45, 7) is 6.33. The average molecular weight is 450 g/mol. The summed E-state index contributed by atoms with van der Waals surface area (Å²) < 4.78 is 11.3. The van der Waals surface area contributed by atoms with E-state index in [4.69, 9.17) is 9.47 Å². The van der Waals surface area contributed by atoms with E-state index in [9.17, 15) is 14.7 Å². The van der Waals surface area contributed by atoms with Gasteiger partial charge in [0.25, 0.3) is 11.7 Å². The molecule has 2 aliphatic rings. The lowest BCUT2D eigenvalue weighted by atomic mass is 9.94. The minimum Gasteiger partial charge on any atom is -0.507 e. The fourth-order valence-corrected chi connectivity index (χ4v) is 4.80. The molecule has 1 N–H and O–H groups in total. The molecule has 0 spiro atoms. The summed E-state index contributed by atoms with van der Waals surface area (Å²) in [7, 11) is 0. The Morgan fingerprint density at radius 3 is 2.39 bits per heavy atom. The normalized spacial score (nSPS) is 20.6. The summed E-state index contributed by atoms with van der Waals surface area (Å²) in [4.78, 5) is 28.1. The first kappa shape index (κ1) is 22.9. The van der Waals surface area contributed by atoms with Gasteiger partial charge in [0, 0.05) is 11.6 Å². The predicted molar refractivity (Wildman–Crippen MR) is 126 cm³/mol. The predicted octanol–water partition coefficient (Wildman–Crippen LogP) is 5.24. The maximum Gasteiger partial charge on any atom is 0.295 e. The van der Waals surface area contributed by atoms with Crippen molar-refractivity contribution in [1.82, 2.24) is 4.90 Å². The highest BCUT2D eigenvalue weighted by molar-refractivity contribution is 6.46. The lowest BCUT2D eigenvalue weighted by Gasteiger charge is -2.31. The molecule has 1 aliphatic carbocycles. The maximum atomic E-state index is 13.2. The van der Waals surface area contributed by atoms with E-state index < -0.39 is 17.7 Å². The smallest absolute Gasteiger partial charge is 0.295 e. The number of nitrogens with zero attached hydrogens (tertiary/aromatic N) is 1.